The molecule has 9 heteroatoms. The van der Waals surface area contributed by atoms with Gasteiger partial charge in [0.25, 0.3) is 0 Å². The predicted molar refractivity (Wildman–Crippen MR) is 84.9 cm³/mol. The molecule has 1 amide bonds. The van der Waals surface area contributed by atoms with Crippen LogP contribution in [0.2, 0.25) is 0 Å². The van der Waals surface area contributed by atoms with Gasteiger partial charge in [0.2, 0.25) is 5.91 Å². The summed E-state index contributed by atoms with van der Waals surface area (Å²) in [5.74, 6) is -0.106. The van der Waals surface area contributed by atoms with E-state index in [1.807, 2.05) is 6.07 Å². The number of aromatic nitrogens is 3. The second-order valence-electron chi connectivity index (χ2n) is 5.64. The van der Waals surface area contributed by atoms with Crippen molar-refractivity contribution in [1.82, 2.24) is 20.1 Å². The smallest absolute Gasteiger partial charge is 0.227 e. The first-order chi connectivity index (χ1) is 11.5. The van der Waals surface area contributed by atoms with Crippen molar-refractivity contribution in [3.05, 3.63) is 42.0 Å². The summed E-state index contributed by atoms with van der Waals surface area (Å²) < 4.78 is 29.3. The molecule has 0 unspecified atom stereocenters. The number of pyridine rings is 1. The van der Waals surface area contributed by atoms with Gasteiger partial charge in [0.15, 0.2) is 9.84 Å². The predicted octanol–water partition coefficient (Wildman–Crippen LogP) is 0.351. The van der Waals surface area contributed by atoms with Gasteiger partial charge in [-0.2, -0.15) is 5.10 Å². The number of ether oxygens (including phenoxy) is 1. The van der Waals surface area contributed by atoms with E-state index >= 15 is 0 Å². The zero-order valence-corrected chi connectivity index (χ0v) is 14.0. The molecule has 1 aliphatic rings. The van der Waals surface area contributed by atoms with Crippen molar-refractivity contribution in [3.63, 3.8) is 0 Å². The molecule has 0 aromatic carbocycles. The number of rotatable bonds is 4. The van der Waals surface area contributed by atoms with Gasteiger partial charge in [-0.15, -0.1) is 0 Å². The van der Waals surface area contributed by atoms with Gasteiger partial charge in [-0.3, -0.25) is 14.9 Å². The molecule has 2 aromatic rings. The fourth-order valence-electron chi connectivity index (χ4n) is 2.74. The molecule has 1 N–H and O–H groups in total. The summed E-state index contributed by atoms with van der Waals surface area (Å²) in [6.45, 7) is 1.03. The molecule has 24 heavy (non-hydrogen) atoms. The average Bonchev–Trinajstić information content (AvgIpc) is 3.05. The fraction of sp³-hybridized carbons (Fsp3) is 0.400. The average molecular weight is 350 g/mol. The number of morpholine rings is 1. The van der Waals surface area contributed by atoms with Crippen molar-refractivity contribution in [2.75, 3.05) is 26.0 Å². The monoisotopic (exact) mass is 350 g/mol. The number of nitrogens with one attached hydrogen (secondary N) is 1. The Balaban J connectivity index is 1.87. The SMILES string of the molecule is CS(=O)(=O)c1cn[nH]c1[C@H]1COCCN1C(=O)Cc1cccnc1. The maximum absolute atomic E-state index is 12.7. The summed E-state index contributed by atoms with van der Waals surface area (Å²) in [5, 5.41) is 6.55. The molecular weight excluding hydrogens is 332 g/mol. The molecule has 1 atom stereocenters. The largest absolute Gasteiger partial charge is 0.377 e. The van der Waals surface area contributed by atoms with Crippen LogP contribution < -0.4 is 0 Å². The first-order valence-corrected chi connectivity index (χ1v) is 9.35. The minimum atomic E-state index is -3.44. The van der Waals surface area contributed by atoms with Crippen LogP contribution in [-0.4, -0.2) is 60.4 Å². The van der Waals surface area contributed by atoms with Gasteiger partial charge in [-0.05, 0) is 11.6 Å². The highest BCUT2D eigenvalue weighted by Gasteiger charge is 2.33. The van der Waals surface area contributed by atoms with Crippen LogP contribution in [0.4, 0.5) is 0 Å². The third kappa shape index (κ3) is 3.46. The summed E-state index contributed by atoms with van der Waals surface area (Å²) in [4.78, 5) is 18.4. The Bertz CT molecular complexity index is 819. The lowest BCUT2D eigenvalue weighted by molar-refractivity contribution is -0.139. The van der Waals surface area contributed by atoms with Crippen LogP contribution in [0.15, 0.2) is 35.6 Å². The highest BCUT2D eigenvalue weighted by atomic mass is 32.2. The minimum Gasteiger partial charge on any atom is -0.377 e. The first-order valence-electron chi connectivity index (χ1n) is 7.46. The standard InChI is InChI=1S/C15H18N4O4S/c1-24(21,22)13-9-17-18-15(13)12-10-23-6-5-19(12)14(20)7-11-3-2-4-16-8-11/h2-4,8-9,12H,5-7,10H2,1H3,(H,17,18)/t12-/m1/s1. The molecule has 3 heterocycles. The maximum Gasteiger partial charge on any atom is 0.227 e. The second-order valence-corrected chi connectivity index (χ2v) is 7.62. The number of H-pyrrole nitrogens is 1. The van der Waals surface area contributed by atoms with E-state index in [1.165, 1.54) is 6.20 Å². The molecule has 2 aromatic heterocycles. The number of carbonyl (C=O) groups excluding carboxylic acids is 1. The molecule has 1 saturated heterocycles. The van der Waals surface area contributed by atoms with E-state index < -0.39 is 15.9 Å². The summed E-state index contributed by atoms with van der Waals surface area (Å²) in [5.41, 5.74) is 1.19. The molecule has 1 fully saturated rings. The van der Waals surface area contributed by atoms with Crippen LogP contribution in [0.25, 0.3) is 0 Å². The Labute approximate surface area is 139 Å². The summed E-state index contributed by atoms with van der Waals surface area (Å²) in [6.07, 6.45) is 5.88. The number of sulfone groups is 1. The lowest BCUT2D eigenvalue weighted by Crippen LogP contribution is -2.44. The number of aromatic amines is 1. The third-order valence-corrected chi connectivity index (χ3v) is 5.02. The molecular formula is C15H18N4O4S. The number of hydrogen-bond donors (Lipinski definition) is 1. The van der Waals surface area contributed by atoms with Crippen LogP contribution in [-0.2, 0) is 25.8 Å². The van der Waals surface area contributed by atoms with E-state index in [0.29, 0.717) is 18.8 Å². The molecule has 0 aliphatic carbocycles. The molecule has 1 aliphatic heterocycles. The van der Waals surface area contributed by atoms with Gasteiger partial charge < -0.3 is 9.64 Å². The zero-order chi connectivity index (χ0) is 17.2. The van der Waals surface area contributed by atoms with Gasteiger partial charge in [0, 0.05) is 25.2 Å². The second kappa shape index (κ2) is 6.70. The van der Waals surface area contributed by atoms with Crippen LogP contribution in [0.3, 0.4) is 0 Å². The molecule has 0 radical (unpaired) electrons. The Morgan fingerprint density at radius 1 is 1.46 bits per heavy atom. The molecule has 8 nitrogen and oxygen atoms in total. The molecule has 0 bridgehead atoms. The fourth-order valence-corrected chi connectivity index (χ4v) is 3.56. The summed E-state index contributed by atoms with van der Waals surface area (Å²) in [6, 6.07) is 3.10. The van der Waals surface area contributed by atoms with Crippen molar-refractivity contribution in [2.45, 2.75) is 17.4 Å². The lowest BCUT2D eigenvalue weighted by Gasteiger charge is -2.35. The number of carbonyl (C=O) groups is 1. The number of nitrogens with zero attached hydrogens (tertiary/aromatic N) is 3. The van der Waals surface area contributed by atoms with E-state index in [9.17, 15) is 13.2 Å². The van der Waals surface area contributed by atoms with Crippen LogP contribution in [0.1, 0.15) is 17.3 Å². The molecule has 3 rings (SSSR count). The van der Waals surface area contributed by atoms with Crippen LogP contribution in [0.5, 0.6) is 0 Å². The van der Waals surface area contributed by atoms with Crippen molar-refractivity contribution in [2.24, 2.45) is 0 Å². The maximum atomic E-state index is 12.7. The van der Waals surface area contributed by atoms with Crippen LogP contribution in [0, 0.1) is 0 Å². The van der Waals surface area contributed by atoms with Gasteiger partial charge >= 0.3 is 0 Å². The van der Waals surface area contributed by atoms with Gasteiger partial charge in [0.1, 0.15) is 4.90 Å². The Hall–Kier alpha value is -2.26. The van der Waals surface area contributed by atoms with E-state index in [1.54, 1.807) is 23.4 Å². The van der Waals surface area contributed by atoms with E-state index in [-0.39, 0.29) is 23.8 Å². The van der Waals surface area contributed by atoms with E-state index in [2.05, 4.69) is 15.2 Å². The first kappa shape index (κ1) is 16.6. The van der Waals surface area contributed by atoms with Gasteiger partial charge in [-0.25, -0.2) is 8.42 Å². The Morgan fingerprint density at radius 3 is 3.00 bits per heavy atom. The van der Waals surface area contributed by atoms with Crippen molar-refractivity contribution in [3.8, 4) is 0 Å². The van der Waals surface area contributed by atoms with Gasteiger partial charge in [-0.1, -0.05) is 6.07 Å². The summed E-state index contributed by atoms with van der Waals surface area (Å²) in [7, 11) is -3.44. The van der Waals surface area contributed by atoms with Gasteiger partial charge in [0.05, 0.1) is 37.6 Å². The third-order valence-electron chi connectivity index (χ3n) is 3.89. The molecule has 0 saturated carbocycles. The number of amides is 1. The Kier molecular flexibility index (Phi) is 4.63. The number of hydrogen-bond acceptors (Lipinski definition) is 6. The van der Waals surface area contributed by atoms with Crippen LogP contribution >= 0.6 is 0 Å². The van der Waals surface area contributed by atoms with E-state index in [0.717, 1.165) is 11.8 Å². The van der Waals surface area contributed by atoms with Crippen molar-refractivity contribution < 1.29 is 17.9 Å². The molecule has 0 spiro atoms. The van der Waals surface area contributed by atoms with Crippen molar-refractivity contribution >= 4 is 15.7 Å². The highest BCUT2D eigenvalue weighted by molar-refractivity contribution is 7.90. The normalized spacial score (nSPS) is 18.5. The summed E-state index contributed by atoms with van der Waals surface area (Å²) >= 11 is 0. The topological polar surface area (TPSA) is 105 Å². The minimum absolute atomic E-state index is 0.0946. The quantitative estimate of drug-likeness (QED) is 0.853. The highest BCUT2D eigenvalue weighted by Crippen LogP contribution is 2.28. The molecule has 128 valence electrons. The van der Waals surface area contributed by atoms with Crippen molar-refractivity contribution in [1.29, 1.82) is 0 Å². The lowest BCUT2D eigenvalue weighted by atomic mass is 10.1. The Morgan fingerprint density at radius 2 is 2.29 bits per heavy atom. The zero-order valence-electron chi connectivity index (χ0n) is 13.2. The van der Waals surface area contributed by atoms with E-state index in [4.69, 9.17) is 4.74 Å².